The average Bonchev–Trinajstić information content (AvgIpc) is 3.22. The first-order chi connectivity index (χ1) is 13.4. The second kappa shape index (κ2) is 9.37. The number of amides is 2. The highest BCUT2D eigenvalue weighted by atomic mass is 32.2. The number of nitrogens with zero attached hydrogens (tertiary/aromatic N) is 2. The molecule has 0 bridgehead atoms. The Balaban J connectivity index is 1.49. The minimum atomic E-state index is -3.17. The van der Waals surface area contributed by atoms with Gasteiger partial charge in [-0.1, -0.05) is 13.0 Å². The molecule has 0 radical (unpaired) electrons. The quantitative estimate of drug-likeness (QED) is 0.751. The number of thiophene rings is 1. The minimum Gasteiger partial charge on any atom is -0.353 e. The zero-order chi connectivity index (χ0) is 20.1. The van der Waals surface area contributed by atoms with Crippen LogP contribution in [-0.4, -0.2) is 67.4 Å². The maximum absolute atomic E-state index is 12.7. The van der Waals surface area contributed by atoms with Crippen molar-refractivity contribution in [1.29, 1.82) is 0 Å². The van der Waals surface area contributed by atoms with Crippen LogP contribution in [0.25, 0.3) is 0 Å². The molecular weight excluding hydrogens is 398 g/mol. The fourth-order valence-corrected chi connectivity index (χ4v) is 6.15. The Morgan fingerprint density at radius 2 is 1.96 bits per heavy atom. The molecule has 1 N–H and O–H groups in total. The molecule has 156 valence electrons. The molecule has 0 saturated carbocycles. The molecule has 2 aliphatic heterocycles. The number of carbonyl (C=O) groups excluding carboxylic acids is 2. The molecule has 0 aliphatic carbocycles. The summed E-state index contributed by atoms with van der Waals surface area (Å²) in [7, 11) is -3.17. The molecular formula is C19H29N3O4S2. The molecule has 2 aliphatic rings. The molecule has 9 heteroatoms. The summed E-state index contributed by atoms with van der Waals surface area (Å²) in [5.41, 5.74) is 0. The topological polar surface area (TPSA) is 86.8 Å². The van der Waals surface area contributed by atoms with Gasteiger partial charge in [-0.2, -0.15) is 0 Å². The van der Waals surface area contributed by atoms with Crippen molar-refractivity contribution in [3.8, 4) is 0 Å². The molecule has 2 fully saturated rings. The van der Waals surface area contributed by atoms with Crippen molar-refractivity contribution in [2.45, 2.75) is 45.1 Å². The Labute approximate surface area is 171 Å². The number of rotatable bonds is 6. The van der Waals surface area contributed by atoms with Crippen LogP contribution >= 0.6 is 11.3 Å². The second-order valence-electron chi connectivity index (χ2n) is 7.57. The van der Waals surface area contributed by atoms with Crippen LogP contribution in [0, 0.1) is 5.92 Å². The van der Waals surface area contributed by atoms with Gasteiger partial charge in [0.05, 0.1) is 16.5 Å². The summed E-state index contributed by atoms with van der Waals surface area (Å²) in [5, 5.41) is 4.97. The van der Waals surface area contributed by atoms with Gasteiger partial charge in [-0.05, 0) is 43.6 Å². The summed E-state index contributed by atoms with van der Waals surface area (Å²) in [4.78, 5) is 27.8. The number of piperidine rings is 2. The smallest absolute Gasteiger partial charge is 0.263 e. The molecule has 1 aromatic rings. The van der Waals surface area contributed by atoms with Gasteiger partial charge in [0.25, 0.3) is 5.91 Å². The Morgan fingerprint density at radius 3 is 2.61 bits per heavy atom. The van der Waals surface area contributed by atoms with Gasteiger partial charge in [0.15, 0.2) is 0 Å². The van der Waals surface area contributed by atoms with E-state index in [0.717, 1.165) is 12.8 Å². The molecule has 3 heterocycles. The number of hydrogen-bond donors (Lipinski definition) is 1. The maximum Gasteiger partial charge on any atom is 0.263 e. The lowest BCUT2D eigenvalue weighted by molar-refractivity contribution is -0.127. The first kappa shape index (κ1) is 21.3. The van der Waals surface area contributed by atoms with Crippen LogP contribution in [0.1, 0.15) is 48.7 Å². The van der Waals surface area contributed by atoms with Crippen molar-refractivity contribution in [1.82, 2.24) is 14.5 Å². The highest BCUT2D eigenvalue weighted by Crippen LogP contribution is 2.22. The number of carbonyl (C=O) groups is 2. The Kier molecular flexibility index (Phi) is 7.11. The molecule has 1 aromatic heterocycles. The number of likely N-dealkylation sites (tertiary alicyclic amines) is 1. The van der Waals surface area contributed by atoms with Gasteiger partial charge < -0.3 is 10.2 Å². The first-order valence-corrected chi connectivity index (χ1v) is 12.5. The molecule has 3 rings (SSSR count). The van der Waals surface area contributed by atoms with Crippen LogP contribution < -0.4 is 5.32 Å². The Bertz CT molecular complexity index is 771. The predicted molar refractivity (Wildman–Crippen MR) is 110 cm³/mol. The third-order valence-corrected chi connectivity index (χ3v) is 8.40. The van der Waals surface area contributed by atoms with Gasteiger partial charge >= 0.3 is 0 Å². The summed E-state index contributed by atoms with van der Waals surface area (Å²) in [6.45, 7) is 3.92. The number of sulfonamides is 1. The van der Waals surface area contributed by atoms with E-state index in [1.54, 1.807) is 9.21 Å². The van der Waals surface area contributed by atoms with Crippen molar-refractivity contribution in [2.24, 2.45) is 5.92 Å². The summed E-state index contributed by atoms with van der Waals surface area (Å²) >= 11 is 1.42. The molecule has 1 atom stereocenters. The maximum atomic E-state index is 12.7. The zero-order valence-corrected chi connectivity index (χ0v) is 17.9. The van der Waals surface area contributed by atoms with Crippen LogP contribution in [0.5, 0.6) is 0 Å². The Hall–Kier alpha value is -1.45. The van der Waals surface area contributed by atoms with E-state index in [2.05, 4.69) is 5.32 Å². The van der Waals surface area contributed by atoms with Crippen LogP contribution in [0.4, 0.5) is 0 Å². The fourth-order valence-electron chi connectivity index (χ4n) is 3.92. The van der Waals surface area contributed by atoms with Gasteiger partial charge in [0, 0.05) is 32.2 Å². The minimum absolute atomic E-state index is 0.00180. The van der Waals surface area contributed by atoms with Crippen LogP contribution in [0.3, 0.4) is 0 Å². The van der Waals surface area contributed by atoms with Crippen LogP contribution in [0.15, 0.2) is 17.5 Å². The zero-order valence-electron chi connectivity index (χ0n) is 16.3. The lowest BCUT2D eigenvalue weighted by atomic mass is 9.95. The van der Waals surface area contributed by atoms with E-state index in [-0.39, 0.29) is 29.5 Å². The molecule has 28 heavy (non-hydrogen) atoms. The van der Waals surface area contributed by atoms with Gasteiger partial charge in [0.2, 0.25) is 15.9 Å². The molecule has 1 unspecified atom stereocenters. The number of hydrogen-bond acceptors (Lipinski definition) is 5. The van der Waals surface area contributed by atoms with Gasteiger partial charge in [0.1, 0.15) is 0 Å². The molecule has 2 saturated heterocycles. The van der Waals surface area contributed by atoms with Crippen molar-refractivity contribution < 1.29 is 18.0 Å². The monoisotopic (exact) mass is 427 g/mol. The predicted octanol–water partition coefficient (Wildman–Crippen LogP) is 1.92. The average molecular weight is 428 g/mol. The molecule has 0 spiro atoms. The molecule has 2 amide bonds. The van der Waals surface area contributed by atoms with Crippen molar-refractivity contribution in [3.05, 3.63) is 22.4 Å². The summed E-state index contributed by atoms with van der Waals surface area (Å²) in [6.07, 6.45) is 3.49. The van der Waals surface area contributed by atoms with E-state index in [1.165, 1.54) is 11.3 Å². The standard InChI is InChI=1S/C19H29N3O4S2/c1-2-13-28(25,26)22-10-7-16(8-11-22)20-18(23)15-5-3-9-21(14-15)19(24)17-6-4-12-27-17/h4,6,12,15-16H,2-3,5,7-11,13-14H2,1H3,(H,20,23). The van der Waals surface area contributed by atoms with E-state index in [4.69, 9.17) is 0 Å². The summed E-state index contributed by atoms with van der Waals surface area (Å²) in [6, 6.07) is 3.68. The second-order valence-corrected chi connectivity index (χ2v) is 10.6. The first-order valence-electron chi connectivity index (χ1n) is 10.0. The molecule has 0 aromatic carbocycles. The normalized spacial score (nSPS) is 22.2. The largest absolute Gasteiger partial charge is 0.353 e. The van der Waals surface area contributed by atoms with E-state index < -0.39 is 10.0 Å². The summed E-state index contributed by atoms with van der Waals surface area (Å²) in [5.74, 6) is -0.0276. The van der Waals surface area contributed by atoms with Gasteiger partial charge in [-0.15, -0.1) is 11.3 Å². The van der Waals surface area contributed by atoms with Crippen molar-refractivity contribution in [3.63, 3.8) is 0 Å². The molecule has 7 nitrogen and oxygen atoms in total. The van der Waals surface area contributed by atoms with E-state index in [9.17, 15) is 18.0 Å². The van der Waals surface area contributed by atoms with Gasteiger partial charge in [-0.25, -0.2) is 12.7 Å². The third-order valence-electron chi connectivity index (χ3n) is 5.47. The van der Waals surface area contributed by atoms with Crippen LogP contribution in [0.2, 0.25) is 0 Å². The highest BCUT2D eigenvalue weighted by molar-refractivity contribution is 7.89. The van der Waals surface area contributed by atoms with E-state index >= 15 is 0 Å². The van der Waals surface area contributed by atoms with E-state index in [0.29, 0.717) is 50.3 Å². The van der Waals surface area contributed by atoms with Crippen LogP contribution in [-0.2, 0) is 14.8 Å². The SMILES string of the molecule is CCCS(=O)(=O)N1CCC(NC(=O)C2CCCN(C(=O)c3cccs3)C2)CC1. The van der Waals surface area contributed by atoms with Gasteiger partial charge in [-0.3, -0.25) is 9.59 Å². The van der Waals surface area contributed by atoms with Crippen molar-refractivity contribution in [2.75, 3.05) is 31.9 Å². The third kappa shape index (κ3) is 5.12. The Morgan fingerprint density at radius 1 is 1.21 bits per heavy atom. The lowest BCUT2D eigenvalue weighted by Crippen LogP contribution is -2.51. The summed E-state index contributed by atoms with van der Waals surface area (Å²) < 4.78 is 25.9. The highest BCUT2D eigenvalue weighted by Gasteiger charge is 2.32. The van der Waals surface area contributed by atoms with Crippen molar-refractivity contribution >= 4 is 33.2 Å². The fraction of sp³-hybridized carbons (Fsp3) is 0.684. The van der Waals surface area contributed by atoms with E-state index in [1.807, 2.05) is 24.4 Å². The lowest BCUT2D eigenvalue weighted by Gasteiger charge is -2.35. The number of nitrogens with one attached hydrogen (secondary N) is 1.